The summed E-state index contributed by atoms with van der Waals surface area (Å²) in [4.78, 5) is 2.20. The van der Waals surface area contributed by atoms with Crippen LogP contribution in [0.4, 0.5) is 0 Å². The van der Waals surface area contributed by atoms with Gasteiger partial charge in [-0.05, 0) is 30.8 Å². The highest BCUT2D eigenvalue weighted by molar-refractivity contribution is 5.82. The fourth-order valence-electron chi connectivity index (χ4n) is 1.92. The molecular formula is C15H25N3O3. The molecule has 0 spiro atoms. The van der Waals surface area contributed by atoms with Crippen LogP contribution in [0.2, 0.25) is 0 Å². The highest BCUT2D eigenvalue weighted by atomic mass is 16.5. The van der Waals surface area contributed by atoms with Crippen molar-refractivity contribution in [3.05, 3.63) is 24.3 Å². The first-order valence-electron chi connectivity index (χ1n) is 7.07. The molecule has 6 heteroatoms. The molecule has 0 amide bonds. The maximum Gasteiger partial charge on any atom is 0.143 e. The molecule has 0 bridgehead atoms. The predicted molar refractivity (Wildman–Crippen MR) is 83.2 cm³/mol. The van der Waals surface area contributed by atoms with Crippen molar-refractivity contribution in [1.82, 2.24) is 4.90 Å². The minimum absolute atomic E-state index is 0.0101. The summed E-state index contributed by atoms with van der Waals surface area (Å²) >= 11 is 0. The molecule has 0 radical (unpaired) electrons. The van der Waals surface area contributed by atoms with Gasteiger partial charge in [0, 0.05) is 19.0 Å². The SMILES string of the molecule is CCN(CCOc1ccc(OC)cc1)CC(C)C(N)=NO. The van der Waals surface area contributed by atoms with Crippen LogP contribution in [0.1, 0.15) is 13.8 Å². The van der Waals surface area contributed by atoms with E-state index in [2.05, 4.69) is 17.0 Å². The number of methoxy groups -OCH3 is 1. The Hall–Kier alpha value is -1.95. The van der Waals surface area contributed by atoms with Gasteiger partial charge < -0.3 is 20.4 Å². The minimum Gasteiger partial charge on any atom is -0.497 e. The maximum atomic E-state index is 8.67. The monoisotopic (exact) mass is 295 g/mol. The molecule has 1 rings (SSSR count). The largest absolute Gasteiger partial charge is 0.497 e. The van der Waals surface area contributed by atoms with Crippen LogP contribution in [0.15, 0.2) is 29.4 Å². The average molecular weight is 295 g/mol. The first kappa shape index (κ1) is 17.1. The number of nitrogens with two attached hydrogens (primary N) is 1. The molecule has 0 saturated heterocycles. The van der Waals surface area contributed by atoms with E-state index in [0.717, 1.165) is 31.1 Å². The van der Waals surface area contributed by atoms with E-state index in [-0.39, 0.29) is 11.8 Å². The third kappa shape index (κ3) is 5.91. The Balaban J connectivity index is 2.37. The number of hydrogen-bond donors (Lipinski definition) is 2. The first-order chi connectivity index (χ1) is 10.1. The van der Waals surface area contributed by atoms with Crippen molar-refractivity contribution in [3.63, 3.8) is 0 Å². The molecule has 118 valence electrons. The number of likely N-dealkylation sites (N-methyl/N-ethyl adjacent to an activating group) is 1. The number of rotatable bonds is 9. The van der Waals surface area contributed by atoms with Crippen LogP contribution < -0.4 is 15.2 Å². The van der Waals surface area contributed by atoms with Gasteiger partial charge in [0.05, 0.1) is 7.11 Å². The standard InChI is InChI=1S/C15H25N3O3/c1-4-18(11-12(2)15(16)17-19)9-10-21-14-7-5-13(20-3)6-8-14/h5-8,12,19H,4,9-11H2,1-3H3,(H2,16,17). The molecule has 1 aromatic carbocycles. The summed E-state index contributed by atoms with van der Waals surface area (Å²) in [5, 5.41) is 11.7. The Kier molecular flexibility index (Phi) is 7.39. The summed E-state index contributed by atoms with van der Waals surface area (Å²) in [6, 6.07) is 7.50. The molecule has 1 aromatic rings. The van der Waals surface area contributed by atoms with E-state index >= 15 is 0 Å². The van der Waals surface area contributed by atoms with Crippen molar-refractivity contribution in [1.29, 1.82) is 0 Å². The molecule has 0 aromatic heterocycles. The fourth-order valence-corrected chi connectivity index (χ4v) is 1.92. The van der Waals surface area contributed by atoms with Gasteiger partial charge in [-0.1, -0.05) is 19.0 Å². The Morgan fingerprint density at radius 2 is 1.95 bits per heavy atom. The Labute approximate surface area is 126 Å². The van der Waals surface area contributed by atoms with E-state index in [4.69, 9.17) is 20.4 Å². The third-order valence-corrected chi connectivity index (χ3v) is 3.34. The van der Waals surface area contributed by atoms with Gasteiger partial charge in [0.25, 0.3) is 0 Å². The molecule has 0 saturated carbocycles. The van der Waals surface area contributed by atoms with Gasteiger partial charge in [-0.25, -0.2) is 0 Å². The Morgan fingerprint density at radius 3 is 2.48 bits per heavy atom. The number of benzene rings is 1. The van der Waals surface area contributed by atoms with Crippen LogP contribution >= 0.6 is 0 Å². The van der Waals surface area contributed by atoms with Gasteiger partial charge in [-0.2, -0.15) is 0 Å². The fraction of sp³-hybridized carbons (Fsp3) is 0.533. The van der Waals surface area contributed by atoms with Gasteiger partial charge in [0.2, 0.25) is 0 Å². The first-order valence-corrected chi connectivity index (χ1v) is 7.07. The summed E-state index contributed by atoms with van der Waals surface area (Å²) < 4.78 is 10.8. The Bertz CT molecular complexity index is 434. The van der Waals surface area contributed by atoms with Crippen LogP contribution in [0.25, 0.3) is 0 Å². The zero-order valence-corrected chi connectivity index (χ0v) is 13.0. The third-order valence-electron chi connectivity index (χ3n) is 3.34. The molecule has 1 unspecified atom stereocenters. The quantitative estimate of drug-likeness (QED) is 0.314. The van der Waals surface area contributed by atoms with E-state index < -0.39 is 0 Å². The molecule has 0 aliphatic rings. The topological polar surface area (TPSA) is 80.3 Å². The van der Waals surface area contributed by atoms with Gasteiger partial charge in [-0.3, -0.25) is 4.90 Å². The molecule has 0 aliphatic carbocycles. The van der Waals surface area contributed by atoms with E-state index in [1.54, 1.807) is 7.11 Å². The Morgan fingerprint density at radius 1 is 1.33 bits per heavy atom. The minimum atomic E-state index is 0.0101. The second-order valence-corrected chi connectivity index (χ2v) is 4.84. The summed E-state index contributed by atoms with van der Waals surface area (Å²) in [6.45, 7) is 7.00. The van der Waals surface area contributed by atoms with Gasteiger partial charge in [0.1, 0.15) is 23.9 Å². The van der Waals surface area contributed by atoms with Gasteiger partial charge >= 0.3 is 0 Å². The van der Waals surface area contributed by atoms with Crippen LogP contribution in [0, 0.1) is 5.92 Å². The van der Waals surface area contributed by atoms with Crippen molar-refractivity contribution in [2.75, 3.05) is 33.4 Å². The molecule has 3 N–H and O–H groups in total. The molecule has 0 aliphatic heterocycles. The predicted octanol–water partition coefficient (Wildman–Crippen LogP) is 1.78. The molecule has 1 atom stereocenters. The number of oxime groups is 1. The van der Waals surface area contributed by atoms with Crippen molar-refractivity contribution in [2.45, 2.75) is 13.8 Å². The number of amidine groups is 1. The van der Waals surface area contributed by atoms with Crippen molar-refractivity contribution in [3.8, 4) is 11.5 Å². The van der Waals surface area contributed by atoms with E-state index in [9.17, 15) is 0 Å². The molecule has 21 heavy (non-hydrogen) atoms. The van der Waals surface area contributed by atoms with Gasteiger partial charge in [0.15, 0.2) is 0 Å². The van der Waals surface area contributed by atoms with E-state index in [1.807, 2.05) is 31.2 Å². The lowest BCUT2D eigenvalue weighted by Crippen LogP contribution is -2.37. The number of ether oxygens (including phenoxy) is 2. The summed E-state index contributed by atoms with van der Waals surface area (Å²) in [5.41, 5.74) is 5.60. The van der Waals surface area contributed by atoms with E-state index in [0.29, 0.717) is 6.61 Å². The molecule has 6 nitrogen and oxygen atoms in total. The zero-order valence-electron chi connectivity index (χ0n) is 13.0. The highest BCUT2D eigenvalue weighted by Gasteiger charge is 2.12. The number of nitrogens with zero attached hydrogens (tertiary/aromatic N) is 2. The molecular weight excluding hydrogens is 270 g/mol. The second kappa shape index (κ2) is 9.07. The lowest BCUT2D eigenvalue weighted by molar-refractivity contribution is 0.206. The second-order valence-electron chi connectivity index (χ2n) is 4.84. The number of hydrogen-bond acceptors (Lipinski definition) is 5. The zero-order chi connectivity index (χ0) is 15.7. The van der Waals surface area contributed by atoms with Crippen LogP contribution in [-0.4, -0.2) is 49.3 Å². The van der Waals surface area contributed by atoms with Crippen LogP contribution in [0.3, 0.4) is 0 Å². The molecule has 0 heterocycles. The summed E-state index contributed by atoms with van der Waals surface area (Å²) in [5.74, 6) is 1.89. The smallest absolute Gasteiger partial charge is 0.143 e. The van der Waals surface area contributed by atoms with Gasteiger partial charge in [-0.15, -0.1) is 0 Å². The van der Waals surface area contributed by atoms with E-state index in [1.165, 1.54) is 0 Å². The van der Waals surface area contributed by atoms with Crippen molar-refractivity contribution < 1.29 is 14.7 Å². The average Bonchev–Trinajstić information content (AvgIpc) is 2.53. The van der Waals surface area contributed by atoms with Crippen molar-refractivity contribution in [2.24, 2.45) is 16.8 Å². The lowest BCUT2D eigenvalue weighted by atomic mass is 10.1. The van der Waals surface area contributed by atoms with Crippen LogP contribution in [0.5, 0.6) is 11.5 Å². The molecule has 0 fully saturated rings. The summed E-state index contributed by atoms with van der Waals surface area (Å²) in [6.07, 6.45) is 0. The van der Waals surface area contributed by atoms with Crippen molar-refractivity contribution >= 4 is 5.84 Å². The lowest BCUT2D eigenvalue weighted by Gasteiger charge is -2.23. The summed E-state index contributed by atoms with van der Waals surface area (Å²) in [7, 11) is 1.64. The normalized spacial score (nSPS) is 13.2. The maximum absolute atomic E-state index is 8.67. The highest BCUT2D eigenvalue weighted by Crippen LogP contribution is 2.16. The van der Waals surface area contributed by atoms with Crippen LogP contribution in [-0.2, 0) is 0 Å².